The van der Waals surface area contributed by atoms with E-state index in [0.29, 0.717) is 16.7 Å². The third kappa shape index (κ3) is 1.99. The molecule has 0 aliphatic heterocycles. The van der Waals surface area contributed by atoms with Gasteiger partial charge in [-0.1, -0.05) is 35.9 Å². The summed E-state index contributed by atoms with van der Waals surface area (Å²) in [6, 6.07) is 13.6. The third-order valence-electron chi connectivity index (χ3n) is 3.62. The molecule has 0 saturated heterocycles. The largest absolute Gasteiger partial charge is 0.289 e. The van der Waals surface area contributed by atoms with Crippen molar-refractivity contribution >= 4 is 11.6 Å². The van der Waals surface area contributed by atoms with Crippen molar-refractivity contribution in [2.45, 2.75) is 13.8 Å². The van der Waals surface area contributed by atoms with Crippen molar-refractivity contribution in [1.82, 2.24) is 0 Å². The predicted molar refractivity (Wildman–Crippen MR) is 79.0 cm³/mol. The van der Waals surface area contributed by atoms with Gasteiger partial charge in [-0.2, -0.15) is 0 Å². The summed E-state index contributed by atoms with van der Waals surface area (Å²) in [4.78, 5) is 24.1. The summed E-state index contributed by atoms with van der Waals surface area (Å²) in [5.41, 5.74) is 4.70. The van der Waals surface area contributed by atoms with Crippen LogP contribution in [0.4, 0.5) is 0 Å². The number of carbonyl (C=O) groups excluding carboxylic acids is 2. The fraction of sp³-hybridized carbons (Fsp3) is 0.111. The van der Waals surface area contributed by atoms with Crippen LogP contribution in [0.5, 0.6) is 0 Å². The zero-order chi connectivity index (χ0) is 14.3. The summed E-state index contributed by atoms with van der Waals surface area (Å²) in [5.74, 6) is -0.152. The van der Waals surface area contributed by atoms with E-state index in [9.17, 15) is 9.59 Å². The molecule has 2 aromatic rings. The Bertz CT molecular complexity index is 749. The van der Waals surface area contributed by atoms with Crippen LogP contribution in [0.1, 0.15) is 33.2 Å². The first kappa shape index (κ1) is 12.5. The van der Waals surface area contributed by atoms with Crippen LogP contribution in [0.2, 0.25) is 0 Å². The molecular formula is C18H14O2. The molecule has 0 unspecified atom stereocenters. The van der Waals surface area contributed by atoms with E-state index in [1.807, 2.05) is 43.3 Å². The number of aryl methyl sites for hydroxylation is 1. The molecule has 0 spiro atoms. The van der Waals surface area contributed by atoms with Crippen molar-refractivity contribution in [3.05, 3.63) is 70.8 Å². The molecule has 2 heteroatoms. The molecule has 3 rings (SSSR count). The normalized spacial score (nSPS) is 14.0. The van der Waals surface area contributed by atoms with E-state index in [4.69, 9.17) is 0 Å². The summed E-state index contributed by atoms with van der Waals surface area (Å²) in [6.45, 7) is 3.72. The van der Waals surface area contributed by atoms with Gasteiger partial charge in [-0.15, -0.1) is 0 Å². The fourth-order valence-corrected chi connectivity index (χ4v) is 2.42. The van der Waals surface area contributed by atoms with Crippen LogP contribution in [-0.2, 0) is 0 Å². The van der Waals surface area contributed by atoms with Crippen LogP contribution in [-0.4, -0.2) is 11.6 Å². The molecule has 0 atom stereocenters. The van der Waals surface area contributed by atoms with Crippen molar-refractivity contribution in [3.63, 3.8) is 0 Å². The zero-order valence-electron chi connectivity index (χ0n) is 11.4. The highest BCUT2D eigenvalue weighted by Gasteiger charge is 2.23. The van der Waals surface area contributed by atoms with Gasteiger partial charge in [0.05, 0.1) is 0 Å². The maximum atomic E-state index is 12.2. The molecule has 0 bridgehead atoms. The van der Waals surface area contributed by atoms with Gasteiger partial charge in [-0.3, -0.25) is 9.59 Å². The number of hydrogen-bond donors (Lipinski definition) is 0. The molecule has 0 amide bonds. The van der Waals surface area contributed by atoms with E-state index in [0.717, 1.165) is 11.1 Å². The fourth-order valence-electron chi connectivity index (χ4n) is 2.42. The van der Waals surface area contributed by atoms with Gasteiger partial charge in [0.2, 0.25) is 0 Å². The standard InChI is InChI=1S/C18H14O2/c1-11-3-5-13(6-4-11)14-7-8-15-16(10-14)18(20)12(2)9-17(15)19/h3-10H,1-2H3. The summed E-state index contributed by atoms with van der Waals surface area (Å²) >= 11 is 0. The van der Waals surface area contributed by atoms with E-state index in [2.05, 4.69) is 0 Å². The Hall–Kier alpha value is -2.48. The number of Topliss-reactive ketones (excluding diaryl/α,β-unsaturated/α-hetero) is 1. The maximum Gasteiger partial charge on any atom is 0.189 e. The molecule has 0 N–H and O–H groups in total. The van der Waals surface area contributed by atoms with Gasteiger partial charge in [0.1, 0.15) is 0 Å². The second kappa shape index (κ2) is 4.57. The highest BCUT2D eigenvalue weighted by molar-refractivity contribution is 6.24. The number of allylic oxidation sites excluding steroid dienone is 2. The van der Waals surface area contributed by atoms with E-state index in [1.54, 1.807) is 13.0 Å². The maximum absolute atomic E-state index is 12.2. The lowest BCUT2D eigenvalue weighted by molar-refractivity contribution is 0.0984. The number of hydrogen-bond acceptors (Lipinski definition) is 2. The highest BCUT2D eigenvalue weighted by atomic mass is 16.1. The molecule has 0 heterocycles. The van der Waals surface area contributed by atoms with Gasteiger partial charge in [0.15, 0.2) is 11.6 Å². The zero-order valence-corrected chi connectivity index (χ0v) is 11.4. The Labute approximate surface area is 117 Å². The predicted octanol–water partition coefficient (Wildman–Crippen LogP) is 3.99. The lowest BCUT2D eigenvalue weighted by Gasteiger charge is -2.14. The average molecular weight is 262 g/mol. The van der Waals surface area contributed by atoms with Crippen LogP contribution in [0, 0.1) is 6.92 Å². The SMILES string of the molecule is CC1=CC(=O)c2ccc(-c3ccc(C)cc3)cc2C1=O. The minimum atomic E-state index is -0.0902. The molecule has 1 aliphatic rings. The first-order valence-corrected chi connectivity index (χ1v) is 6.54. The van der Waals surface area contributed by atoms with E-state index in [1.165, 1.54) is 11.6 Å². The van der Waals surface area contributed by atoms with Gasteiger partial charge in [0, 0.05) is 16.7 Å². The van der Waals surface area contributed by atoms with Crippen molar-refractivity contribution in [2.75, 3.05) is 0 Å². The number of rotatable bonds is 1. The van der Waals surface area contributed by atoms with E-state index in [-0.39, 0.29) is 11.6 Å². The van der Waals surface area contributed by atoms with Crippen molar-refractivity contribution in [3.8, 4) is 11.1 Å². The first-order chi connectivity index (χ1) is 9.56. The number of carbonyl (C=O) groups is 2. The summed E-state index contributed by atoms with van der Waals surface area (Å²) < 4.78 is 0. The Morgan fingerprint density at radius 3 is 2.10 bits per heavy atom. The summed E-state index contributed by atoms with van der Waals surface area (Å²) in [7, 11) is 0. The monoisotopic (exact) mass is 262 g/mol. The van der Waals surface area contributed by atoms with Crippen molar-refractivity contribution in [1.29, 1.82) is 0 Å². The molecule has 2 aromatic carbocycles. The first-order valence-electron chi connectivity index (χ1n) is 6.54. The van der Waals surface area contributed by atoms with E-state index >= 15 is 0 Å². The Balaban J connectivity index is 2.13. The Morgan fingerprint density at radius 2 is 1.40 bits per heavy atom. The van der Waals surface area contributed by atoms with Gasteiger partial charge < -0.3 is 0 Å². The molecule has 0 aromatic heterocycles. The van der Waals surface area contributed by atoms with Gasteiger partial charge >= 0.3 is 0 Å². The van der Waals surface area contributed by atoms with Gasteiger partial charge in [-0.25, -0.2) is 0 Å². The Kier molecular flexibility index (Phi) is 2.87. The van der Waals surface area contributed by atoms with Crippen LogP contribution in [0.15, 0.2) is 54.1 Å². The Morgan fingerprint density at radius 1 is 0.750 bits per heavy atom. The lowest BCUT2D eigenvalue weighted by Crippen LogP contribution is -2.15. The molecular weight excluding hydrogens is 248 g/mol. The molecule has 0 fully saturated rings. The van der Waals surface area contributed by atoms with Crippen LogP contribution < -0.4 is 0 Å². The molecule has 20 heavy (non-hydrogen) atoms. The minimum Gasteiger partial charge on any atom is -0.289 e. The number of fused-ring (bicyclic) bond motifs is 1. The second-order valence-electron chi connectivity index (χ2n) is 5.15. The lowest BCUT2D eigenvalue weighted by atomic mass is 9.88. The van der Waals surface area contributed by atoms with Crippen LogP contribution in [0.25, 0.3) is 11.1 Å². The quantitative estimate of drug-likeness (QED) is 0.778. The third-order valence-corrected chi connectivity index (χ3v) is 3.62. The van der Waals surface area contributed by atoms with Crippen LogP contribution in [0.3, 0.4) is 0 Å². The van der Waals surface area contributed by atoms with Gasteiger partial charge in [-0.05, 0) is 43.2 Å². The van der Waals surface area contributed by atoms with Crippen LogP contribution >= 0.6 is 0 Å². The molecule has 0 saturated carbocycles. The average Bonchev–Trinajstić information content (AvgIpc) is 2.45. The molecule has 2 nitrogen and oxygen atoms in total. The number of ketones is 2. The van der Waals surface area contributed by atoms with Crippen molar-refractivity contribution < 1.29 is 9.59 Å². The number of benzene rings is 2. The highest BCUT2D eigenvalue weighted by Crippen LogP contribution is 2.27. The smallest absolute Gasteiger partial charge is 0.189 e. The molecule has 98 valence electrons. The van der Waals surface area contributed by atoms with Crippen molar-refractivity contribution in [2.24, 2.45) is 0 Å². The summed E-state index contributed by atoms with van der Waals surface area (Å²) in [5, 5.41) is 0. The van der Waals surface area contributed by atoms with E-state index < -0.39 is 0 Å². The minimum absolute atomic E-state index is 0.0615. The van der Waals surface area contributed by atoms with Gasteiger partial charge in [0.25, 0.3) is 0 Å². The molecule has 0 radical (unpaired) electrons. The second-order valence-corrected chi connectivity index (χ2v) is 5.15. The molecule has 1 aliphatic carbocycles. The summed E-state index contributed by atoms with van der Waals surface area (Å²) in [6.07, 6.45) is 1.41. The topological polar surface area (TPSA) is 34.1 Å².